The fraction of sp³-hybridized carbons (Fsp3) is 0.900. The van der Waals surface area contributed by atoms with Gasteiger partial charge in [0.15, 0.2) is 0 Å². The lowest BCUT2D eigenvalue weighted by atomic mass is 9.73. The van der Waals surface area contributed by atoms with Gasteiger partial charge in [0.05, 0.1) is 6.54 Å². The Hall–Kier alpha value is -0.820. The third-order valence-corrected chi connectivity index (χ3v) is 3.24. The second-order valence-corrected chi connectivity index (χ2v) is 4.53. The van der Waals surface area contributed by atoms with Crippen LogP contribution in [0.4, 0.5) is 13.2 Å². The number of nitrogens with one attached hydrogen (secondary N) is 1. The summed E-state index contributed by atoms with van der Waals surface area (Å²) in [5, 5.41) is 11.3. The van der Waals surface area contributed by atoms with Crippen LogP contribution in [0.25, 0.3) is 0 Å². The zero-order chi connectivity index (χ0) is 13.1. The number of aliphatic carboxylic acids is 1. The molecule has 7 heteroatoms. The summed E-state index contributed by atoms with van der Waals surface area (Å²) in [7, 11) is 0. The Morgan fingerprint density at radius 2 is 2.12 bits per heavy atom. The number of nitrogens with two attached hydrogens (primary N) is 1. The first-order valence-corrected chi connectivity index (χ1v) is 5.55. The van der Waals surface area contributed by atoms with E-state index in [1.165, 1.54) is 0 Å². The number of hydrogen-bond donors (Lipinski definition) is 3. The minimum Gasteiger partial charge on any atom is -0.480 e. The highest BCUT2D eigenvalue weighted by atomic mass is 19.4. The standard InChI is InChI=1S/C10H17F3N2O2/c11-10(12,13)6-15-5-7-3-1-2-4-9(7,14)8(16)17/h7,15H,1-6,14H2,(H,16,17)/t7-,9+/m0/s1. The van der Waals surface area contributed by atoms with E-state index in [0.29, 0.717) is 19.3 Å². The Labute approximate surface area is 97.4 Å². The van der Waals surface area contributed by atoms with Crippen LogP contribution >= 0.6 is 0 Å². The minimum atomic E-state index is -4.28. The summed E-state index contributed by atoms with van der Waals surface area (Å²) >= 11 is 0. The van der Waals surface area contributed by atoms with E-state index in [-0.39, 0.29) is 6.54 Å². The topological polar surface area (TPSA) is 75.4 Å². The number of halogens is 3. The fourth-order valence-corrected chi connectivity index (χ4v) is 2.22. The first-order valence-electron chi connectivity index (χ1n) is 5.55. The first kappa shape index (κ1) is 14.2. The van der Waals surface area contributed by atoms with Crippen molar-refractivity contribution in [3.05, 3.63) is 0 Å². The van der Waals surface area contributed by atoms with Crippen LogP contribution in [0.15, 0.2) is 0 Å². The number of rotatable bonds is 4. The average molecular weight is 254 g/mol. The normalized spacial score (nSPS) is 30.2. The average Bonchev–Trinajstić information content (AvgIpc) is 2.19. The first-order chi connectivity index (χ1) is 7.76. The van der Waals surface area contributed by atoms with Crippen LogP contribution in [0.5, 0.6) is 0 Å². The zero-order valence-corrected chi connectivity index (χ0v) is 9.39. The molecule has 4 N–H and O–H groups in total. The van der Waals surface area contributed by atoms with Gasteiger partial charge >= 0.3 is 12.1 Å². The molecule has 100 valence electrons. The Morgan fingerprint density at radius 3 is 2.65 bits per heavy atom. The van der Waals surface area contributed by atoms with E-state index in [1.54, 1.807) is 0 Å². The van der Waals surface area contributed by atoms with Crippen molar-refractivity contribution in [3.63, 3.8) is 0 Å². The summed E-state index contributed by atoms with van der Waals surface area (Å²) in [6, 6.07) is 0. The van der Waals surface area contributed by atoms with Crippen LogP contribution < -0.4 is 11.1 Å². The number of carboxylic acid groups (broad SMARTS) is 1. The lowest BCUT2D eigenvalue weighted by molar-refractivity contribution is -0.147. The molecular formula is C10H17F3N2O2. The molecule has 0 aromatic rings. The second-order valence-electron chi connectivity index (χ2n) is 4.53. The Balaban J connectivity index is 2.52. The summed E-state index contributed by atoms with van der Waals surface area (Å²) in [4.78, 5) is 11.1. The van der Waals surface area contributed by atoms with E-state index in [0.717, 1.165) is 6.42 Å². The van der Waals surface area contributed by atoms with Crippen molar-refractivity contribution >= 4 is 5.97 Å². The maximum Gasteiger partial charge on any atom is 0.401 e. The molecule has 1 saturated carbocycles. The van der Waals surface area contributed by atoms with Crippen molar-refractivity contribution in [2.45, 2.75) is 37.4 Å². The lowest BCUT2D eigenvalue weighted by Gasteiger charge is -2.37. The van der Waals surface area contributed by atoms with E-state index in [2.05, 4.69) is 5.32 Å². The molecule has 1 aliphatic carbocycles. The van der Waals surface area contributed by atoms with Gasteiger partial charge in [0.25, 0.3) is 0 Å². The summed E-state index contributed by atoms with van der Waals surface area (Å²) in [6.07, 6.45) is -1.90. The third kappa shape index (κ3) is 3.85. The van der Waals surface area contributed by atoms with Crippen LogP contribution in [0.1, 0.15) is 25.7 Å². The van der Waals surface area contributed by atoms with Crippen molar-refractivity contribution in [3.8, 4) is 0 Å². The van der Waals surface area contributed by atoms with Crippen LogP contribution in [0, 0.1) is 5.92 Å². The highest BCUT2D eigenvalue weighted by Crippen LogP contribution is 2.32. The summed E-state index contributed by atoms with van der Waals surface area (Å²) in [5.41, 5.74) is 4.38. The highest BCUT2D eigenvalue weighted by Gasteiger charge is 2.43. The second kappa shape index (κ2) is 5.22. The summed E-state index contributed by atoms with van der Waals surface area (Å²) in [6.45, 7) is -1.12. The molecule has 0 aromatic carbocycles. The molecule has 0 amide bonds. The van der Waals surface area contributed by atoms with Crippen LogP contribution in [-0.2, 0) is 4.79 Å². The van der Waals surface area contributed by atoms with E-state index < -0.39 is 30.1 Å². The van der Waals surface area contributed by atoms with E-state index in [1.807, 2.05) is 0 Å². The predicted octanol–water partition coefficient (Wildman–Crippen LogP) is 1.11. The highest BCUT2D eigenvalue weighted by molar-refractivity contribution is 5.79. The Bertz CT molecular complexity index is 283. The molecule has 2 atom stereocenters. The van der Waals surface area contributed by atoms with Crippen molar-refractivity contribution in [1.82, 2.24) is 5.32 Å². The smallest absolute Gasteiger partial charge is 0.401 e. The van der Waals surface area contributed by atoms with Crippen molar-refractivity contribution < 1.29 is 23.1 Å². The third-order valence-electron chi connectivity index (χ3n) is 3.24. The molecule has 1 rings (SSSR count). The maximum atomic E-state index is 12.0. The van der Waals surface area contributed by atoms with Crippen LogP contribution in [-0.4, -0.2) is 35.9 Å². The van der Waals surface area contributed by atoms with Gasteiger partial charge in [-0.3, -0.25) is 4.79 Å². The monoisotopic (exact) mass is 254 g/mol. The zero-order valence-electron chi connectivity index (χ0n) is 9.39. The van der Waals surface area contributed by atoms with E-state index >= 15 is 0 Å². The molecule has 0 saturated heterocycles. The molecule has 0 bridgehead atoms. The summed E-state index contributed by atoms with van der Waals surface area (Å²) < 4.78 is 35.9. The molecular weight excluding hydrogens is 237 g/mol. The van der Waals surface area contributed by atoms with Gasteiger partial charge in [-0.25, -0.2) is 0 Å². The van der Waals surface area contributed by atoms with E-state index in [9.17, 15) is 18.0 Å². The number of hydrogen-bond acceptors (Lipinski definition) is 3. The van der Waals surface area contributed by atoms with Gasteiger partial charge in [-0.15, -0.1) is 0 Å². The minimum absolute atomic E-state index is 0.0116. The Morgan fingerprint density at radius 1 is 1.47 bits per heavy atom. The van der Waals surface area contributed by atoms with Gasteiger partial charge in [0.1, 0.15) is 5.54 Å². The molecule has 0 heterocycles. The van der Waals surface area contributed by atoms with Crippen molar-refractivity contribution in [2.75, 3.05) is 13.1 Å². The largest absolute Gasteiger partial charge is 0.480 e. The molecule has 0 aromatic heterocycles. The van der Waals surface area contributed by atoms with Gasteiger partial charge < -0.3 is 16.2 Å². The molecule has 0 unspecified atom stereocenters. The van der Waals surface area contributed by atoms with Gasteiger partial charge in [0, 0.05) is 12.5 Å². The van der Waals surface area contributed by atoms with Gasteiger partial charge in [0.2, 0.25) is 0 Å². The molecule has 1 aliphatic rings. The quantitative estimate of drug-likeness (QED) is 0.702. The van der Waals surface area contributed by atoms with Gasteiger partial charge in [-0.2, -0.15) is 13.2 Å². The van der Waals surface area contributed by atoms with Crippen molar-refractivity contribution in [2.24, 2.45) is 11.7 Å². The van der Waals surface area contributed by atoms with Crippen LogP contribution in [0.2, 0.25) is 0 Å². The lowest BCUT2D eigenvalue weighted by Crippen LogP contribution is -2.58. The molecule has 4 nitrogen and oxygen atoms in total. The molecule has 0 aliphatic heterocycles. The number of carboxylic acids is 1. The molecule has 17 heavy (non-hydrogen) atoms. The molecule has 1 fully saturated rings. The Kier molecular flexibility index (Phi) is 4.37. The molecule has 0 spiro atoms. The summed E-state index contributed by atoms with van der Waals surface area (Å²) in [5.74, 6) is -1.58. The van der Waals surface area contributed by atoms with Gasteiger partial charge in [-0.05, 0) is 12.8 Å². The SMILES string of the molecule is N[C@]1(C(=O)O)CCCC[C@H]1CNCC(F)(F)F. The number of carbonyl (C=O) groups is 1. The van der Waals surface area contributed by atoms with Crippen molar-refractivity contribution in [1.29, 1.82) is 0 Å². The van der Waals surface area contributed by atoms with Gasteiger partial charge in [-0.1, -0.05) is 12.8 Å². The van der Waals surface area contributed by atoms with E-state index in [4.69, 9.17) is 10.8 Å². The fourth-order valence-electron chi connectivity index (χ4n) is 2.22. The molecule has 0 radical (unpaired) electrons. The number of alkyl halides is 3. The predicted molar refractivity (Wildman–Crippen MR) is 55.4 cm³/mol. The van der Waals surface area contributed by atoms with Crippen LogP contribution in [0.3, 0.4) is 0 Å². The maximum absolute atomic E-state index is 12.0.